The number of hydrogen-bond acceptors (Lipinski definition) is 5. The third kappa shape index (κ3) is 3.02. The maximum atomic E-state index is 11.8. The van der Waals surface area contributed by atoms with E-state index in [0.717, 1.165) is 22.0 Å². The SMILES string of the molecule is CCn1c(CO)nc2c(N)nc3cc(CCC(=O)N(C)C)ccc3c21. The Labute approximate surface area is 146 Å². The number of nitrogens with zero attached hydrogens (tertiary/aromatic N) is 4. The Morgan fingerprint density at radius 2 is 2.08 bits per heavy atom. The molecule has 7 heteroatoms. The zero-order valence-electron chi connectivity index (χ0n) is 14.8. The second-order valence-corrected chi connectivity index (χ2v) is 6.26. The van der Waals surface area contributed by atoms with Crippen molar-refractivity contribution in [3.05, 3.63) is 29.6 Å². The quantitative estimate of drug-likeness (QED) is 0.736. The van der Waals surface area contributed by atoms with Crippen molar-refractivity contribution >= 4 is 33.7 Å². The summed E-state index contributed by atoms with van der Waals surface area (Å²) in [5, 5.41) is 10.5. The number of amides is 1. The predicted molar refractivity (Wildman–Crippen MR) is 98.1 cm³/mol. The van der Waals surface area contributed by atoms with Gasteiger partial charge in [0, 0.05) is 32.4 Å². The van der Waals surface area contributed by atoms with Crippen molar-refractivity contribution < 1.29 is 9.90 Å². The number of hydrogen-bond donors (Lipinski definition) is 2. The Kier molecular flexibility index (Phi) is 4.59. The number of rotatable bonds is 5. The monoisotopic (exact) mass is 341 g/mol. The fraction of sp³-hybridized carbons (Fsp3) is 0.389. The van der Waals surface area contributed by atoms with E-state index in [1.165, 1.54) is 0 Å². The molecule has 0 aliphatic rings. The van der Waals surface area contributed by atoms with Gasteiger partial charge in [0.1, 0.15) is 17.9 Å². The molecule has 0 radical (unpaired) electrons. The van der Waals surface area contributed by atoms with Gasteiger partial charge in [0.2, 0.25) is 5.91 Å². The summed E-state index contributed by atoms with van der Waals surface area (Å²) in [4.78, 5) is 22.3. The van der Waals surface area contributed by atoms with E-state index < -0.39 is 0 Å². The highest BCUT2D eigenvalue weighted by molar-refractivity contribution is 6.06. The number of carbonyl (C=O) groups excluding carboxylic acids is 1. The molecule has 1 amide bonds. The lowest BCUT2D eigenvalue weighted by molar-refractivity contribution is -0.128. The number of pyridine rings is 1. The molecule has 3 aromatic rings. The number of aromatic nitrogens is 3. The van der Waals surface area contributed by atoms with Gasteiger partial charge in [-0.2, -0.15) is 0 Å². The van der Waals surface area contributed by atoms with Gasteiger partial charge in [0.25, 0.3) is 0 Å². The van der Waals surface area contributed by atoms with Crippen LogP contribution in [0.3, 0.4) is 0 Å². The van der Waals surface area contributed by atoms with Gasteiger partial charge < -0.3 is 20.3 Å². The summed E-state index contributed by atoms with van der Waals surface area (Å²) in [5.74, 6) is 1.03. The molecule has 7 nitrogen and oxygen atoms in total. The summed E-state index contributed by atoms with van der Waals surface area (Å²) in [5.41, 5.74) is 9.43. The number of anilines is 1. The van der Waals surface area contributed by atoms with Crippen LogP contribution in [-0.2, 0) is 24.4 Å². The van der Waals surface area contributed by atoms with E-state index in [2.05, 4.69) is 9.97 Å². The molecule has 0 aliphatic carbocycles. The first-order chi connectivity index (χ1) is 12.0. The molecule has 0 saturated heterocycles. The highest BCUT2D eigenvalue weighted by Crippen LogP contribution is 2.29. The van der Waals surface area contributed by atoms with Gasteiger partial charge in [-0.05, 0) is 25.0 Å². The molecule has 0 saturated carbocycles. The average Bonchev–Trinajstić information content (AvgIpc) is 2.98. The van der Waals surface area contributed by atoms with Gasteiger partial charge in [-0.1, -0.05) is 12.1 Å². The smallest absolute Gasteiger partial charge is 0.222 e. The summed E-state index contributed by atoms with van der Waals surface area (Å²) < 4.78 is 1.96. The van der Waals surface area contributed by atoms with Crippen LogP contribution in [0.1, 0.15) is 24.7 Å². The van der Waals surface area contributed by atoms with Crippen LogP contribution in [0.15, 0.2) is 18.2 Å². The van der Waals surface area contributed by atoms with Crippen molar-refractivity contribution in [3.8, 4) is 0 Å². The van der Waals surface area contributed by atoms with Crippen LogP contribution in [0, 0.1) is 0 Å². The Morgan fingerprint density at radius 3 is 2.72 bits per heavy atom. The van der Waals surface area contributed by atoms with Gasteiger partial charge in [-0.25, -0.2) is 9.97 Å². The fourth-order valence-electron chi connectivity index (χ4n) is 3.10. The lowest BCUT2D eigenvalue weighted by Gasteiger charge is -2.11. The van der Waals surface area contributed by atoms with E-state index >= 15 is 0 Å². The molecule has 132 valence electrons. The van der Waals surface area contributed by atoms with Crippen LogP contribution >= 0.6 is 0 Å². The Balaban J connectivity index is 2.09. The van der Waals surface area contributed by atoms with Crippen molar-refractivity contribution in [2.45, 2.75) is 32.9 Å². The van der Waals surface area contributed by atoms with Gasteiger partial charge in [-0.15, -0.1) is 0 Å². The average molecular weight is 341 g/mol. The number of fused-ring (bicyclic) bond motifs is 3. The third-order valence-corrected chi connectivity index (χ3v) is 4.43. The molecule has 0 fully saturated rings. The highest BCUT2D eigenvalue weighted by Gasteiger charge is 2.16. The fourth-order valence-corrected chi connectivity index (χ4v) is 3.10. The molecule has 0 unspecified atom stereocenters. The van der Waals surface area contributed by atoms with Crippen molar-refractivity contribution in [2.75, 3.05) is 19.8 Å². The number of aliphatic hydroxyl groups is 1. The molecule has 0 spiro atoms. The van der Waals surface area contributed by atoms with Gasteiger partial charge in [0.05, 0.1) is 11.0 Å². The van der Waals surface area contributed by atoms with Gasteiger partial charge >= 0.3 is 0 Å². The second kappa shape index (κ2) is 6.68. The first-order valence-electron chi connectivity index (χ1n) is 8.34. The lowest BCUT2D eigenvalue weighted by atomic mass is 10.1. The lowest BCUT2D eigenvalue weighted by Crippen LogP contribution is -2.21. The number of nitrogen functional groups attached to an aromatic ring is 1. The Bertz CT molecular complexity index is 946. The third-order valence-electron chi connectivity index (χ3n) is 4.43. The van der Waals surface area contributed by atoms with E-state index in [0.29, 0.717) is 36.5 Å². The zero-order valence-corrected chi connectivity index (χ0v) is 14.8. The zero-order chi connectivity index (χ0) is 18.1. The van der Waals surface area contributed by atoms with Gasteiger partial charge in [0.15, 0.2) is 5.82 Å². The summed E-state index contributed by atoms with van der Waals surface area (Å²) in [6.07, 6.45) is 1.11. The molecule has 0 bridgehead atoms. The van der Waals surface area contributed by atoms with E-state index in [9.17, 15) is 9.90 Å². The topological polar surface area (TPSA) is 97.3 Å². The Morgan fingerprint density at radius 1 is 1.32 bits per heavy atom. The van der Waals surface area contributed by atoms with Crippen LogP contribution < -0.4 is 5.73 Å². The summed E-state index contributed by atoms with van der Waals surface area (Å²) in [7, 11) is 3.51. The van der Waals surface area contributed by atoms with Crippen LogP contribution in [0.2, 0.25) is 0 Å². The van der Waals surface area contributed by atoms with Gasteiger partial charge in [-0.3, -0.25) is 4.79 Å². The van der Waals surface area contributed by atoms with E-state index in [1.54, 1.807) is 19.0 Å². The largest absolute Gasteiger partial charge is 0.388 e. The maximum absolute atomic E-state index is 11.8. The number of imidazole rings is 1. The first-order valence-corrected chi connectivity index (χ1v) is 8.34. The molecule has 2 aromatic heterocycles. The number of carbonyl (C=O) groups is 1. The molecule has 25 heavy (non-hydrogen) atoms. The second-order valence-electron chi connectivity index (χ2n) is 6.26. The minimum atomic E-state index is -0.145. The molecule has 2 heterocycles. The molecule has 0 aliphatic heterocycles. The number of aryl methyl sites for hydroxylation is 2. The predicted octanol–water partition coefficient (Wildman–Crippen LogP) is 1.70. The van der Waals surface area contributed by atoms with Crippen molar-refractivity contribution in [1.82, 2.24) is 19.4 Å². The molecule has 3 rings (SSSR count). The van der Waals surface area contributed by atoms with Crippen LogP contribution in [0.25, 0.3) is 21.9 Å². The molecule has 3 N–H and O–H groups in total. The van der Waals surface area contributed by atoms with Crippen LogP contribution in [0.5, 0.6) is 0 Å². The van der Waals surface area contributed by atoms with Crippen LogP contribution in [0.4, 0.5) is 5.82 Å². The normalized spacial score (nSPS) is 11.4. The van der Waals surface area contributed by atoms with Crippen LogP contribution in [-0.4, -0.2) is 44.5 Å². The molecule has 1 aromatic carbocycles. The van der Waals surface area contributed by atoms with E-state index in [4.69, 9.17) is 5.73 Å². The summed E-state index contributed by atoms with van der Waals surface area (Å²) in [6.45, 7) is 2.54. The number of nitrogens with two attached hydrogens (primary N) is 1. The van der Waals surface area contributed by atoms with Crippen molar-refractivity contribution in [3.63, 3.8) is 0 Å². The van der Waals surface area contributed by atoms with Crippen molar-refractivity contribution in [1.29, 1.82) is 0 Å². The highest BCUT2D eigenvalue weighted by atomic mass is 16.3. The van der Waals surface area contributed by atoms with E-state index in [1.807, 2.05) is 29.7 Å². The van der Waals surface area contributed by atoms with Crippen molar-refractivity contribution in [2.24, 2.45) is 0 Å². The molecule has 0 atom stereocenters. The maximum Gasteiger partial charge on any atom is 0.222 e. The standard InChI is InChI=1S/C18H23N5O2/c1-4-23-14(10-24)21-16-17(23)12-7-5-11(6-8-15(25)22(2)3)9-13(12)20-18(16)19/h5,7,9,24H,4,6,8,10H2,1-3H3,(H2,19,20). The summed E-state index contributed by atoms with van der Waals surface area (Å²) in [6, 6.07) is 5.97. The number of aliphatic hydroxyl groups excluding tert-OH is 1. The molecular weight excluding hydrogens is 318 g/mol. The molecular formula is C18H23N5O2. The number of benzene rings is 1. The minimum absolute atomic E-state index is 0.0969. The minimum Gasteiger partial charge on any atom is -0.388 e. The summed E-state index contributed by atoms with van der Waals surface area (Å²) >= 11 is 0. The van der Waals surface area contributed by atoms with E-state index in [-0.39, 0.29) is 12.5 Å². The first kappa shape index (κ1) is 17.2. The Hall–Kier alpha value is -2.67.